The number of benzene rings is 2. The van der Waals surface area contributed by atoms with E-state index in [1.165, 1.54) is 12.1 Å². The van der Waals surface area contributed by atoms with E-state index in [-0.39, 0.29) is 5.82 Å². The lowest BCUT2D eigenvalue weighted by Crippen LogP contribution is -2.35. The van der Waals surface area contributed by atoms with Gasteiger partial charge in [-0.3, -0.25) is 0 Å². The lowest BCUT2D eigenvalue weighted by atomic mass is 9.74. The van der Waals surface area contributed by atoms with Crippen LogP contribution in [0.1, 0.15) is 43.2 Å². The number of aromatic nitrogens is 2. The van der Waals surface area contributed by atoms with E-state index in [2.05, 4.69) is 10.2 Å². The second-order valence-electron chi connectivity index (χ2n) is 6.83. The van der Waals surface area contributed by atoms with Crippen LogP contribution in [-0.2, 0) is 10.2 Å². The van der Waals surface area contributed by atoms with Crippen molar-refractivity contribution in [3.8, 4) is 5.75 Å². The highest BCUT2D eigenvalue weighted by atomic mass is 35.5. The Kier molecular flexibility index (Phi) is 5.33. The van der Waals surface area contributed by atoms with Gasteiger partial charge in [0.1, 0.15) is 11.6 Å². The molecule has 3 aromatic rings. The van der Waals surface area contributed by atoms with Crippen molar-refractivity contribution in [1.82, 2.24) is 10.2 Å². The molecule has 0 aliphatic carbocycles. The summed E-state index contributed by atoms with van der Waals surface area (Å²) in [4.78, 5) is 0. The maximum absolute atomic E-state index is 13.1. The minimum atomic E-state index is -0.489. The normalized spacial score (nSPS) is 17.2. The molecule has 1 aliphatic rings. The van der Waals surface area contributed by atoms with Gasteiger partial charge in [0, 0.05) is 18.2 Å². The van der Waals surface area contributed by atoms with Gasteiger partial charge in [-0.15, -0.1) is 10.2 Å². The molecule has 0 amide bonds. The van der Waals surface area contributed by atoms with Gasteiger partial charge in [-0.1, -0.05) is 29.8 Å². The molecule has 0 N–H and O–H groups in total. The Bertz CT molecular complexity index is 939. The van der Waals surface area contributed by atoms with E-state index >= 15 is 0 Å². The maximum atomic E-state index is 13.1. The third-order valence-corrected chi connectivity index (χ3v) is 5.39. The molecule has 28 heavy (non-hydrogen) atoms. The zero-order valence-corrected chi connectivity index (χ0v) is 16.2. The molecule has 0 unspecified atom stereocenters. The number of ether oxygens (including phenoxy) is 2. The lowest BCUT2D eigenvalue weighted by molar-refractivity contribution is 0.0531. The van der Waals surface area contributed by atoms with Gasteiger partial charge in [0.15, 0.2) is 6.10 Å². The summed E-state index contributed by atoms with van der Waals surface area (Å²) in [5.74, 6) is 1.08. The number of halogens is 2. The second-order valence-corrected chi connectivity index (χ2v) is 7.24. The predicted octanol–water partition coefficient (Wildman–Crippen LogP) is 5.10. The summed E-state index contributed by atoms with van der Waals surface area (Å²) in [6.45, 7) is 2.99. The quantitative estimate of drug-likeness (QED) is 0.594. The average molecular weight is 403 g/mol. The van der Waals surface area contributed by atoms with E-state index < -0.39 is 11.5 Å². The van der Waals surface area contributed by atoms with Crippen molar-refractivity contribution in [2.45, 2.75) is 31.3 Å². The van der Waals surface area contributed by atoms with Crippen LogP contribution in [0.25, 0.3) is 0 Å². The fourth-order valence-electron chi connectivity index (χ4n) is 3.53. The lowest BCUT2D eigenvalue weighted by Gasteiger charge is -2.35. The molecule has 1 aliphatic heterocycles. The molecule has 4 rings (SSSR count). The van der Waals surface area contributed by atoms with Crippen molar-refractivity contribution < 1.29 is 18.3 Å². The van der Waals surface area contributed by atoms with Crippen LogP contribution in [0.5, 0.6) is 5.75 Å². The monoisotopic (exact) mass is 402 g/mol. The summed E-state index contributed by atoms with van der Waals surface area (Å²) in [6.07, 6.45) is 0.923. The standard InChI is InChI=1S/C21H20ClFN2O3/c1-14(27-16-8-6-15(23)7-9-16)19-24-25-20(28-19)21(10-12-26-13-11-21)17-4-2-3-5-18(17)22/h2-9,14H,10-13H2,1H3/t14-/m1/s1. The van der Waals surface area contributed by atoms with Crippen LogP contribution in [0.3, 0.4) is 0 Å². The first-order valence-electron chi connectivity index (χ1n) is 9.17. The Morgan fingerprint density at radius 1 is 1.07 bits per heavy atom. The molecule has 2 heterocycles. The van der Waals surface area contributed by atoms with Crippen molar-refractivity contribution >= 4 is 11.6 Å². The molecule has 2 aromatic carbocycles. The number of rotatable bonds is 5. The molecule has 1 aromatic heterocycles. The molecule has 0 radical (unpaired) electrons. The third kappa shape index (κ3) is 3.62. The minimum Gasteiger partial charge on any atom is -0.481 e. The van der Waals surface area contributed by atoms with Crippen molar-refractivity contribution in [3.63, 3.8) is 0 Å². The van der Waals surface area contributed by atoms with Crippen molar-refractivity contribution in [2.75, 3.05) is 13.2 Å². The van der Waals surface area contributed by atoms with Crippen LogP contribution >= 0.6 is 11.6 Å². The van der Waals surface area contributed by atoms with Gasteiger partial charge in [-0.25, -0.2) is 4.39 Å². The maximum Gasteiger partial charge on any atom is 0.256 e. The molecule has 0 bridgehead atoms. The highest BCUT2D eigenvalue weighted by Crippen LogP contribution is 2.43. The molecule has 1 saturated heterocycles. The number of nitrogens with zero attached hydrogens (tertiary/aromatic N) is 2. The van der Waals surface area contributed by atoms with Gasteiger partial charge in [-0.2, -0.15) is 0 Å². The summed E-state index contributed by atoms with van der Waals surface area (Å²) >= 11 is 6.50. The molecule has 0 spiro atoms. The summed E-state index contributed by atoms with van der Waals surface area (Å²) in [5, 5.41) is 9.21. The Morgan fingerprint density at radius 2 is 1.79 bits per heavy atom. The Labute approximate surface area is 167 Å². The first-order chi connectivity index (χ1) is 13.6. The molecule has 0 saturated carbocycles. The highest BCUT2D eigenvalue weighted by Gasteiger charge is 2.43. The fraction of sp³-hybridized carbons (Fsp3) is 0.333. The molecule has 1 fully saturated rings. The van der Waals surface area contributed by atoms with Gasteiger partial charge in [-0.05, 0) is 55.7 Å². The van der Waals surface area contributed by atoms with Crippen molar-refractivity contribution in [1.29, 1.82) is 0 Å². The minimum absolute atomic E-state index is 0.318. The zero-order valence-electron chi connectivity index (χ0n) is 15.4. The van der Waals surface area contributed by atoms with Crippen LogP contribution in [0, 0.1) is 5.82 Å². The molecule has 1 atom stereocenters. The summed E-state index contributed by atoms with van der Waals surface area (Å²) in [6, 6.07) is 13.5. The zero-order chi connectivity index (χ0) is 19.6. The Morgan fingerprint density at radius 3 is 2.50 bits per heavy atom. The highest BCUT2D eigenvalue weighted by molar-refractivity contribution is 6.31. The van der Waals surface area contributed by atoms with Crippen molar-refractivity contribution in [3.05, 3.63) is 76.7 Å². The van der Waals surface area contributed by atoms with Gasteiger partial charge in [0.2, 0.25) is 5.89 Å². The van der Waals surface area contributed by atoms with E-state index in [0.717, 1.165) is 5.56 Å². The molecular weight excluding hydrogens is 383 g/mol. The predicted molar refractivity (Wildman–Crippen MR) is 102 cm³/mol. The molecular formula is C21H20ClFN2O3. The van der Waals surface area contributed by atoms with Gasteiger partial charge in [0.25, 0.3) is 5.89 Å². The average Bonchev–Trinajstić information content (AvgIpc) is 3.22. The van der Waals surface area contributed by atoms with Crippen LogP contribution in [0.4, 0.5) is 4.39 Å². The van der Waals surface area contributed by atoms with Gasteiger partial charge >= 0.3 is 0 Å². The third-order valence-electron chi connectivity index (χ3n) is 5.06. The second kappa shape index (κ2) is 7.89. The van der Waals surface area contributed by atoms with Gasteiger partial charge in [0.05, 0.1) is 5.41 Å². The molecule has 146 valence electrons. The first-order valence-corrected chi connectivity index (χ1v) is 9.55. The molecule has 7 heteroatoms. The molecule has 5 nitrogen and oxygen atoms in total. The number of hydrogen-bond acceptors (Lipinski definition) is 5. The SMILES string of the molecule is C[C@@H](Oc1ccc(F)cc1)c1nnc(C2(c3ccccc3Cl)CCOCC2)o1. The van der Waals surface area contributed by atoms with Crippen LogP contribution in [0.2, 0.25) is 5.02 Å². The van der Waals surface area contributed by atoms with E-state index in [0.29, 0.717) is 48.6 Å². The topological polar surface area (TPSA) is 57.4 Å². The van der Waals surface area contributed by atoms with Gasteiger partial charge < -0.3 is 13.9 Å². The van der Waals surface area contributed by atoms with Crippen LogP contribution in [-0.4, -0.2) is 23.4 Å². The van der Waals surface area contributed by atoms with Crippen molar-refractivity contribution in [2.24, 2.45) is 0 Å². The summed E-state index contributed by atoms with van der Waals surface area (Å²) in [7, 11) is 0. The Balaban J connectivity index is 1.63. The van der Waals surface area contributed by atoms with E-state index in [9.17, 15) is 4.39 Å². The summed E-state index contributed by atoms with van der Waals surface area (Å²) < 4.78 is 30.5. The smallest absolute Gasteiger partial charge is 0.256 e. The van der Waals surface area contributed by atoms with Crippen LogP contribution in [0.15, 0.2) is 52.9 Å². The number of hydrogen-bond donors (Lipinski definition) is 0. The van der Waals surface area contributed by atoms with Crippen LogP contribution < -0.4 is 4.74 Å². The fourth-order valence-corrected chi connectivity index (χ4v) is 3.84. The summed E-state index contributed by atoms with van der Waals surface area (Å²) in [5.41, 5.74) is 0.472. The van der Waals surface area contributed by atoms with E-state index in [4.69, 9.17) is 25.5 Å². The largest absolute Gasteiger partial charge is 0.481 e. The van der Waals surface area contributed by atoms with E-state index in [1.807, 2.05) is 31.2 Å². The van der Waals surface area contributed by atoms with E-state index in [1.54, 1.807) is 12.1 Å². The first kappa shape index (κ1) is 18.9. The Hall–Kier alpha value is -2.44.